The molecule has 22 heavy (non-hydrogen) atoms. The summed E-state index contributed by atoms with van der Waals surface area (Å²) in [5, 5.41) is 9.34. The van der Waals surface area contributed by atoms with Gasteiger partial charge >= 0.3 is 0 Å². The van der Waals surface area contributed by atoms with Gasteiger partial charge in [0.15, 0.2) is 0 Å². The van der Waals surface area contributed by atoms with Gasteiger partial charge in [-0.2, -0.15) is 0 Å². The van der Waals surface area contributed by atoms with Crippen LogP contribution in [-0.2, 0) is 0 Å². The first-order valence-electron chi connectivity index (χ1n) is 7.94. The average Bonchev–Trinajstić information content (AvgIpc) is 2.45. The summed E-state index contributed by atoms with van der Waals surface area (Å²) in [5.74, 6) is 0.763. The van der Waals surface area contributed by atoms with E-state index in [2.05, 4.69) is 31.2 Å². The van der Waals surface area contributed by atoms with Gasteiger partial charge in [0.1, 0.15) is 5.75 Å². The van der Waals surface area contributed by atoms with Gasteiger partial charge in [0, 0.05) is 11.5 Å². The molecule has 0 aliphatic rings. The van der Waals surface area contributed by atoms with Crippen molar-refractivity contribution in [3.63, 3.8) is 0 Å². The van der Waals surface area contributed by atoms with Crippen molar-refractivity contribution in [2.45, 2.75) is 52.0 Å². The molecule has 3 N–H and O–H groups in total. The second-order valence-corrected chi connectivity index (χ2v) is 6.71. The Kier molecular flexibility index (Phi) is 7.13. The molecule has 2 rings (SSSR count). The average molecular weight is 299 g/mol. The molecule has 0 amide bonds. The Hall–Kier alpha value is -1.80. The number of phenols is 1. The number of phenolic OH excluding ortho intramolecular Hbond substituents is 1. The van der Waals surface area contributed by atoms with E-state index in [1.165, 1.54) is 11.1 Å². The molecule has 0 heterocycles. The molecule has 0 aliphatic heterocycles. The first kappa shape index (κ1) is 18.2. The summed E-state index contributed by atoms with van der Waals surface area (Å²) in [6.07, 6.45) is 2.29. The maximum absolute atomic E-state index is 9.34. The van der Waals surface area contributed by atoms with Crippen molar-refractivity contribution in [1.29, 1.82) is 0 Å². The van der Waals surface area contributed by atoms with E-state index in [4.69, 9.17) is 5.73 Å². The quantitative estimate of drug-likeness (QED) is 0.828. The standard InChI is InChI=1S/C16H18O.C4H11N/c1-2-6-16(13-7-4-3-5-8-13)14-9-11-15(17)12-10-14;1-4(2,3)5/h3-5,7-12,16-17H,2,6H2,1H3;5H2,1-3H3. The highest BCUT2D eigenvalue weighted by molar-refractivity contribution is 5.35. The van der Waals surface area contributed by atoms with Gasteiger partial charge in [0.25, 0.3) is 0 Å². The summed E-state index contributed by atoms with van der Waals surface area (Å²) >= 11 is 0. The normalized spacial score (nSPS) is 12.2. The monoisotopic (exact) mass is 299 g/mol. The fourth-order valence-electron chi connectivity index (χ4n) is 2.21. The number of nitrogens with two attached hydrogens (primary N) is 1. The van der Waals surface area contributed by atoms with E-state index in [9.17, 15) is 5.11 Å². The summed E-state index contributed by atoms with van der Waals surface area (Å²) in [7, 11) is 0. The minimum atomic E-state index is 0. The third-order valence-corrected chi connectivity index (χ3v) is 3.07. The number of hydrogen-bond acceptors (Lipinski definition) is 2. The Morgan fingerprint density at radius 1 is 0.909 bits per heavy atom. The van der Waals surface area contributed by atoms with Crippen molar-refractivity contribution in [2.75, 3.05) is 0 Å². The summed E-state index contributed by atoms with van der Waals surface area (Å²) in [6.45, 7) is 8.10. The molecule has 1 unspecified atom stereocenters. The molecule has 0 spiro atoms. The van der Waals surface area contributed by atoms with Crippen LogP contribution in [0.5, 0.6) is 5.75 Å². The Morgan fingerprint density at radius 2 is 1.36 bits per heavy atom. The fraction of sp³-hybridized carbons (Fsp3) is 0.400. The molecule has 2 nitrogen and oxygen atoms in total. The van der Waals surface area contributed by atoms with Crippen molar-refractivity contribution < 1.29 is 5.11 Å². The smallest absolute Gasteiger partial charge is 0.115 e. The molecule has 0 bridgehead atoms. The maximum Gasteiger partial charge on any atom is 0.115 e. The Morgan fingerprint density at radius 3 is 1.82 bits per heavy atom. The van der Waals surface area contributed by atoms with Crippen molar-refractivity contribution in [3.05, 3.63) is 65.7 Å². The van der Waals surface area contributed by atoms with Crippen LogP contribution in [0.1, 0.15) is 57.6 Å². The number of hydrogen-bond donors (Lipinski definition) is 2. The van der Waals surface area contributed by atoms with Crippen LogP contribution < -0.4 is 5.73 Å². The Bertz CT molecular complexity index is 520. The first-order chi connectivity index (χ1) is 10.3. The van der Waals surface area contributed by atoms with Gasteiger partial charge in [-0.3, -0.25) is 0 Å². The van der Waals surface area contributed by atoms with E-state index in [1.54, 1.807) is 12.1 Å². The van der Waals surface area contributed by atoms with Gasteiger partial charge < -0.3 is 10.8 Å². The molecule has 0 aliphatic carbocycles. The van der Waals surface area contributed by atoms with Crippen LogP contribution in [0.3, 0.4) is 0 Å². The Balaban J connectivity index is 0.000000422. The van der Waals surface area contributed by atoms with Crippen LogP contribution >= 0.6 is 0 Å². The summed E-state index contributed by atoms with van der Waals surface area (Å²) in [4.78, 5) is 0. The summed E-state index contributed by atoms with van der Waals surface area (Å²) < 4.78 is 0. The van der Waals surface area contributed by atoms with Gasteiger partial charge in [-0.1, -0.05) is 55.8 Å². The van der Waals surface area contributed by atoms with Gasteiger partial charge in [-0.15, -0.1) is 0 Å². The van der Waals surface area contributed by atoms with E-state index < -0.39 is 0 Å². The second-order valence-electron chi connectivity index (χ2n) is 6.71. The van der Waals surface area contributed by atoms with Gasteiger partial charge in [-0.05, 0) is 50.5 Å². The molecule has 2 aromatic rings. The largest absolute Gasteiger partial charge is 0.508 e. The molecule has 120 valence electrons. The summed E-state index contributed by atoms with van der Waals surface area (Å²) in [6, 6.07) is 18.1. The molecule has 1 atom stereocenters. The molecule has 2 aromatic carbocycles. The van der Waals surface area contributed by atoms with Crippen LogP contribution in [0.25, 0.3) is 0 Å². The SMILES string of the molecule is CC(C)(C)N.CCCC(c1ccccc1)c1ccc(O)cc1. The lowest BCUT2D eigenvalue weighted by molar-refractivity contribution is 0.475. The van der Waals surface area contributed by atoms with Crippen LogP contribution in [0, 0.1) is 0 Å². The van der Waals surface area contributed by atoms with Crippen molar-refractivity contribution in [2.24, 2.45) is 5.73 Å². The van der Waals surface area contributed by atoms with Crippen molar-refractivity contribution >= 4 is 0 Å². The minimum absolute atomic E-state index is 0. The van der Waals surface area contributed by atoms with Crippen LogP contribution in [-0.4, -0.2) is 10.6 Å². The zero-order valence-corrected chi connectivity index (χ0v) is 14.2. The molecule has 0 aromatic heterocycles. The Labute approximate surface area is 135 Å². The lowest BCUT2D eigenvalue weighted by Crippen LogP contribution is -2.26. The molecule has 0 saturated carbocycles. The number of benzene rings is 2. The predicted molar refractivity (Wildman–Crippen MR) is 95.2 cm³/mol. The zero-order valence-electron chi connectivity index (χ0n) is 14.2. The van der Waals surface area contributed by atoms with E-state index in [0.29, 0.717) is 11.7 Å². The topological polar surface area (TPSA) is 46.2 Å². The summed E-state index contributed by atoms with van der Waals surface area (Å²) in [5.41, 5.74) is 7.98. The third-order valence-electron chi connectivity index (χ3n) is 3.07. The molecular weight excluding hydrogens is 270 g/mol. The maximum atomic E-state index is 9.34. The molecule has 0 radical (unpaired) electrons. The first-order valence-corrected chi connectivity index (χ1v) is 7.94. The minimum Gasteiger partial charge on any atom is -0.508 e. The highest BCUT2D eigenvalue weighted by Gasteiger charge is 2.12. The van der Waals surface area contributed by atoms with E-state index >= 15 is 0 Å². The third kappa shape index (κ3) is 7.28. The van der Waals surface area contributed by atoms with Crippen LogP contribution in [0.2, 0.25) is 0 Å². The zero-order chi connectivity index (χ0) is 16.6. The lowest BCUT2D eigenvalue weighted by Gasteiger charge is -2.17. The highest BCUT2D eigenvalue weighted by Crippen LogP contribution is 2.29. The van der Waals surface area contributed by atoms with Gasteiger partial charge in [0.2, 0.25) is 0 Å². The second kappa shape index (κ2) is 8.60. The van der Waals surface area contributed by atoms with Gasteiger partial charge in [0.05, 0.1) is 0 Å². The highest BCUT2D eigenvalue weighted by atomic mass is 16.3. The van der Waals surface area contributed by atoms with Gasteiger partial charge in [-0.25, -0.2) is 0 Å². The van der Waals surface area contributed by atoms with Crippen LogP contribution in [0.15, 0.2) is 54.6 Å². The van der Waals surface area contributed by atoms with E-state index in [-0.39, 0.29) is 5.54 Å². The lowest BCUT2D eigenvalue weighted by atomic mass is 9.88. The molecule has 0 fully saturated rings. The molecular formula is C20H29NO. The molecule has 0 saturated heterocycles. The number of rotatable bonds is 4. The van der Waals surface area contributed by atoms with E-state index in [1.807, 2.05) is 39.0 Å². The fourth-order valence-corrected chi connectivity index (χ4v) is 2.21. The van der Waals surface area contributed by atoms with E-state index in [0.717, 1.165) is 12.8 Å². The molecule has 2 heteroatoms. The van der Waals surface area contributed by atoms with Crippen molar-refractivity contribution in [3.8, 4) is 5.75 Å². The van der Waals surface area contributed by atoms with Crippen molar-refractivity contribution in [1.82, 2.24) is 0 Å². The number of aromatic hydroxyl groups is 1. The predicted octanol–water partition coefficient (Wildman–Crippen LogP) is 5.07. The van der Waals surface area contributed by atoms with Crippen LogP contribution in [0.4, 0.5) is 0 Å².